The minimum Gasteiger partial charge on any atom is -0.363 e. The molecule has 0 spiro atoms. The summed E-state index contributed by atoms with van der Waals surface area (Å²) >= 11 is 0. The van der Waals surface area contributed by atoms with E-state index in [1.165, 1.54) is 0 Å². The third-order valence-corrected chi connectivity index (χ3v) is 2.35. The van der Waals surface area contributed by atoms with Crippen LogP contribution in [-0.2, 0) is 20.1 Å². The Morgan fingerprint density at radius 1 is 1.33 bits per heavy atom. The monoisotopic (exact) mass is 417 g/mol. The number of benzene rings is 1. The van der Waals surface area contributed by atoms with E-state index in [-0.39, 0.29) is 27.5 Å². The predicted molar refractivity (Wildman–Crippen MR) is 67.7 cm³/mol. The van der Waals surface area contributed by atoms with Gasteiger partial charge in [-0.25, -0.2) is 0 Å². The number of nitrogens with zero attached hydrogens (tertiary/aromatic N) is 4. The molecule has 1 aliphatic heterocycles. The molecule has 95 valence electrons. The van der Waals surface area contributed by atoms with Gasteiger partial charge >= 0.3 is 0 Å². The van der Waals surface area contributed by atoms with Crippen molar-refractivity contribution in [3.8, 4) is 0 Å². The molecule has 1 heterocycles. The molecule has 0 fully saturated rings. The van der Waals surface area contributed by atoms with Crippen LogP contribution < -0.4 is 4.90 Å². The van der Waals surface area contributed by atoms with Crippen molar-refractivity contribution in [1.29, 1.82) is 0 Å². The second kappa shape index (κ2) is 6.81. The zero-order valence-corrected chi connectivity index (χ0v) is 12.5. The minimum absolute atomic E-state index is 0. The second-order valence-corrected chi connectivity index (χ2v) is 3.45. The topological polar surface area (TPSA) is 15.2 Å². The van der Waals surface area contributed by atoms with E-state index in [9.17, 15) is 0 Å². The average Bonchev–Trinajstić information content (AvgIpc) is 2.71. The van der Waals surface area contributed by atoms with E-state index < -0.39 is 0 Å². The number of rotatable bonds is 1. The van der Waals surface area contributed by atoms with E-state index in [2.05, 4.69) is 15.8 Å². The summed E-state index contributed by atoms with van der Waals surface area (Å²) in [7, 11) is 1.86. The maximum absolute atomic E-state index is 6.99. The van der Waals surface area contributed by atoms with E-state index in [1.54, 1.807) is 24.4 Å². The van der Waals surface area contributed by atoms with Gasteiger partial charge in [-0.3, -0.25) is 4.85 Å². The predicted octanol–water partition coefficient (Wildman–Crippen LogP) is 2.91. The molecule has 5 heteroatoms. The minimum atomic E-state index is 0. The summed E-state index contributed by atoms with van der Waals surface area (Å²) in [6.45, 7) is 14.6. The van der Waals surface area contributed by atoms with Gasteiger partial charge in [0.15, 0.2) is 0 Å². The molecule has 18 heavy (non-hydrogen) atoms. The maximum atomic E-state index is 6.99. The van der Waals surface area contributed by atoms with Crippen molar-refractivity contribution in [3.63, 3.8) is 0 Å². The van der Waals surface area contributed by atoms with E-state index >= 15 is 0 Å². The van der Waals surface area contributed by atoms with Crippen LogP contribution in [0.15, 0.2) is 30.2 Å². The molecule has 1 radical (unpaired) electrons. The molecule has 0 saturated carbocycles. The standard InChI is InChI=1S/C12H9N4.CH3.Ir/c1-13-10-5-4-6-11(7-10)16-8-12(14-2)15(3)9-16;;/h4-5,7-8H,9H2,3H3;1H3;/q2*-1;. The summed E-state index contributed by atoms with van der Waals surface area (Å²) in [6.07, 6.45) is 1.77. The molecular weight excluding hydrogens is 404 g/mol. The van der Waals surface area contributed by atoms with Gasteiger partial charge in [0.1, 0.15) is 6.67 Å². The molecular formula is C13H12IrN4-2. The van der Waals surface area contributed by atoms with Crippen molar-refractivity contribution in [2.75, 3.05) is 18.6 Å². The van der Waals surface area contributed by atoms with Crippen LogP contribution in [0.4, 0.5) is 11.4 Å². The largest absolute Gasteiger partial charge is 0.363 e. The van der Waals surface area contributed by atoms with Crippen molar-refractivity contribution >= 4 is 11.4 Å². The molecule has 1 aromatic rings. The van der Waals surface area contributed by atoms with Gasteiger partial charge in [0.2, 0.25) is 5.82 Å². The third-order valence-electron chi connectivity index (χ3n) is 2.35. The molecule has 4 nitrogen and oxygen atoms in total. The average molecular weight is 416 g/mol. The van der Waals surface area contributed by atoms with Crippen LogP contribution in [0.1, 0.15) is 0 Å². The van der Waals surface area contributed by atoms with E-state index in [0.29, 0.717) is 18.2 Å². The fraction of sp³-hybridized carbons (Fsp3) is 0.154. The zero-order valence-electron chi connectivity index (χ0n) is 10.1. The molecule has 0 amide bonds. The van der Waals surface area contributed by atoms with Crippen LogP contribution in [0.25, 0.3) is 9.69 Å². The molecule has 0 bridgehead atoms. The fourth-order valence-electron chi connectivity index (χ4n) is 1.52. The fourth-order valence-corrected chi connectivity index (χ4v) is 1.52. The third kappa shape index (κ3) is 3.11. The number of anilines is 1. The Bertz CT molecular complexity index is 525. The Kier molecular flexibility index (Phi) is 6.13. The molecule has 1 aliphatic rings. The maximum Gasteiger partial charge on any atom is 0.242 e. The molecule has 0 unspecified atom stereocenters. The van der Waals surface area contributed by atoms with Crippen molar-refractivity contribution in [2.24, 2.45) is 0 Å². The summed E-state index contributed by atoms with van der Waals surface area (Å²) < 4.78 is 0. The zero-order chi connectivity index (χ0) is 11.5. The first-order valence-electron chi connectivity index (χ1n) is 4.71. The smallest absolute Gasteiger partial charge is 0.242 e. The normalized spacial score (nSPS) is 12.7. The molecule has 1 aromatic carbocycles. The quantitative estimate of drug-likeness (QED) is 0.654. The molecule has 0 N–H and O–H groups in total. The Labute approximate surface area is 121 Å². The van der Waals surface area contributed by atoms with Gasteiger partial charge in [-0.1, -0.05) is 12.3 Å². The Morgan fingerprint density at radius 2 is 2.06 bits per heavy atom. The molecule has 0 aliphatic carbocycles. The van der Waals surface area contributed by atoms with Gasteiger partial charge < -0.3 is 22.1 Å². The van der Waals surface area contributed by atoms with Gasteiger partial charge in [-0.2, -0.15) is 18.2 Å². The summed E-state index contributed by atoms with van der Waals surface area (Å²) in [5.74, 6) is 0.599. The Morgan fingerprint density at radius 3 is 2.61 bits per heavy atom. The molecule has 0 aromatic heterocycles. The number of hydrogen-bond acceptors (Lipinski definition) is 2. The first kappa shape index (κ1) is 16.2. The van der Waals surface area contributed by atoms with Gasteiger partial charge in [-0.05, 0) is 0 Å². The summed E-state index contributed by atoms with van der Waals surface area (Å²) in [5, 5.41) is 0. The van der Waals surface area contributed by atoms with Crippen LogP contribution in [0.5, 0.6) is 0 Å². The second-order valence-electron chi connectivity index (χ2n) is 3.45. The summed E-state index contributed by atoms with van der Waals surface area (Å²) in [4.78, 5) is 10.5. The van der Waals surface area contributed by atoms with Crippen LogP contribution in [-0.4, -0.2) is 18.6 Å². The molecule has 0 saturated heterocycles. The van der Waals surface area contributed by atoms with Crippen LogP contribution in [0.3, 0.4) is 0 Å². The summed E-state index contributed by atoms with van der Waals surface area (Å²) in [5.41, 5.74) is 1.40. The van der Waals surface area contributed by atoms with Crippen LogP contribution in [0.2, 0.25) is 0 Å². The van der Waals surface area contributed by atoms with Gasteiger partial charge in [0.05, 0.1) is 19.3 Å². The Balaban J connectivity index is 0.00000144. The van der Waals surface area contributed by atoms with E-state index in [4.69, 9.17) is 13.1 Å². The van der Waals surface area contributed by atoms with Crippen molar-refractivity contribution in [3.05, 3.63) is 66.5 Å². The van der Waals surface area contributed by atoms with Crippen molar-refractivity contribution < 1.29 is 20.1 Å². The van der Waals surface area contributed by atoms with E-state index in [0.717, 1.165) is 5.69 Å². The van der Waals surface area contributed by atoms with Gasteiger partial charge in [-0.15, -0.1) is 6.07 Å². The van der Waals surface area contributed by atoms with Crippen LogP contribution >= 0.6 is 0 Å². The first-order valence-corrected chi connectivity index (χ1v) is 4.71. The molecule has 0 atom stereocenters. The Hall–Kier alpha value is -1.81. The first-order chi connectivity index (χ1) is 7.74. The summed E-state index contributed by atoms with van der Waals surface area (Å²) in [6, 6.07) is 8.27. The van der Waals surface area contributed by atoms with Gasteiger partial charge in [0.25, 0.3) is 0 Å². The van der Waals surface area contributed by atoms with Crippen molar-refractivity contribution in [1.82, 2.24) is 4.90 Å². The van der Waals surface area contributed by atoms with Crippen molar-refractivity contribution in [2.45, 2.75) is 0 Å². The van der Waals surface area contributed by atoms with E-state index in [1.807, 2.05) is 16.8 Å². The SMILES string of the molecule is [C-]#[N+]C1=CN(c2[c-]ccc([N+]#[C-])c2)CN1C.[CH3-].[Ir]. The number of hydrogen-bond donors (Lipinski definition) is 0. The molecule has 2 rings (SSSR count). The van der Waals surface area contributed by atoms with Gasteiger partial charge in [0, 0.05) is 26.3 Å². The van der Waals surface area contributed by atoms with Crippen LogP contribution in [0, 0.1) is 26.6 Å².